The zero-order valence-electron chi connectivity index (χ0n) is 18.0. The van der Waals surface area contributed by atoms with Crippen LogP contribution in [0, 0.1) is 17.8 Å². The normalized spacial score (nSPS) is 36.7. The third kappa shape index (κ3) is 3.47. The fraction of sp³-hybridized carbons (Fsp3) is 0.615. The highest BCUT2D eigenvalue weighted by Crippen LogP contribution is 2.61. The Kier molecular flexibility index (Phi) is 4.99. The van der Waals surface area contributed by atoms with E-state index < -0.39 is 0 Å². The molecule has 1 aromatic carbocycles. The fourth-order valence-electron chi connectivity index (χ4n) is 7.74. The standard InChI is InChI=1S/C26H31NO2S2/c28-22-7-6-20(26-13-16-8-17(14-26)10-18(9-16)15-26)11-19(22)12-23-24(29)27(25(30)31-23)21-4-2-1-3-5-21/h6-7,11-12,16-18,21,28H,1-5,8-10,13-15H2/b23-12+. The molecule has 164 valence electrons. The van der Waals surface area contributed by atoms with Crippen LogP contribution in [-0.2, 0) is 10.2 Å². The van der Waals surface area contributed by atoms with Gasteiger partial charge in [-0.1, -0.05) is 49.3 Å². The van der Waals surface area contributed by atoms with Crippen molar-refractivity contribution < 1.29 is 9.90 Å². The molecule has 7 rings (SSSR count). The van der Waals surface area contributed by atoms with Crippen LogP contribution in [-0.4, -0.2) is 26.3 Å². The molecule has 4 bridgehead atoms. The second-order valence-electron chi connectivity index (χ2n) is 10.8. The number of nitrogens with zero attached hydrogens (tertiary/aromatic N) is 1. The van der Waals surface area contributed by atoms with Crippen molar-refractivity contribution in [2.75, 3.05) is 0 Å². The highest BCUT2D eigenvalue weighted by molar-refractivity contribution is 8.26. The highest BCUT2D eigenvalue weighted by atomic mass is 32.2. The van der Waals surface area contributed by atoms with E-state index in [9.17, 15) is 9.90 Å². The third-order valence-corrected chi connectivity index (χ3v) is 10.1. The zero-order valence-corrected chi connectivity index (χ0v) is 19.6. The van der Waals surface area contributed by atoms with Crippen LogP contribution >= 0.6 is 24.0 Å². The number of amides is 1. The number of thiocarbonyl (C=S) groups is 1. The molecule has 31 heavy (non-hydrogen) atoms. The summed E-state index contributed by atoms with van der Waals surface area (Å²) in [6.45, 7) is 0. The quantitative estimate of drug-likeness (QED) is 0.425. The van der Waals surface area contributed by atoms with Gasteiger partial charge in [-0.25, -0.2) is 0 Å². The Labute approximate surface area is 194 Å². The summed E-state index contributed by atoms with van der Waals surface area (Å²) in [6, 6.07) is 6.42. The lowest BCUT2D eigenvalue weighted by Crippen LogP contribution is -2.48. The van der Waals surface area contributed by atoms with Crippen molar-refractivity contribution >= 4 is 40.3 Å². The molecule has 0 spiro atoms. The molecule has 1 amide bonds. The number of hydrogen-bond donors (Lipinski definition) is 1. The van der Waals surface area contributed by atoms with Crippen LogP contribution in [0.15, 0.2) is 23.1 Å². The van der Waals surface area contributed by atoms with Gasteiger partial charge in [0.25, 0.3) is 5.91 Å². The molecule has 0 atom stereocenters. The molecule has 5 aliphatic carbocycles. The second-order valence-corrected chi connectivity index (χ2v) is 12.5. The van der Waals surface area contributed by atoms with Crippen molar-refractivity contribution in [3.05, 3.63) is 34.2 Å². The maximum Gasteiger partial charge on any atom is 0.266 e. The van der Waals surface area contributed by atoms with Crippen LogP contribution < -0.4 is 0 Å². The molecular weight excluding hydrogens is 422 g/mol. The molecule has 0 radical (unpaired) electrons. The van der Waals surface area contributed by atoms with Gasteiger partial charge in [-0.3, -0.25) is 9.69 Å². The van der Waals surface area contributed by atoms with Crippen molar-refractivity contribution in [1.29, 1.82) is 0 Å². The summed E-state index contributed by atoms with van der Waals surface area (Å²) in [5.74, 6) is 2.94. The Morgan fingerprint density at radius 3 is 2.32 bits per heavy atom. The van der Waals surface area contributed by atoms with E-state index in [1.54, 1.807) is 0 Å². The Morgan fingerprint density at radius 2 is 1.68 bits per heavy atom. The van der Waals surface area contributed by atoms with E-state index in [0.717, 1.165) is 36.2 Å². The van der Waals surface area contributed by atoms with Crippen LogP contribution in [0.3, 0.4) is 0 Å². The van der Waals surface area contributed by atoms with E-state index in [1.165, 1.54) is 75.1 Å². The van der Waals surface area contributed by atoms with Gasteiger partial charge in [0.1, 0.15) is 10.1 Å². The average Bonchev–Trinajstić information content (AvgIpc) is 3.02. The maximum atomic E-state index is 13.2. The maximum absolute atomic E-state index is 13.2. The number of rotatable bonds is 3. The van der Waals surface area contributed by atoms with E-state index in [4.69, 9.17) is 12.2 Å². The zero-order chi connectivity index (χ0) is 21.2. The third-order valence-electron chi connectivity index (χ3n) is 8.73. The first kappa shape index (κ1) is 20.3. The molecule has 1 aliphatic heterocycles. The van der Waals surface area contributed by atoms with Crippen molar-refractivity contribution in [3.63, 3.8) is 0 Å². The van der Waals surface area contributed by atoms with Gasteiger partial charge in [-0.05, 0) is 98.3 Å². The van der Waals surface area contributed by atoms with E-state index >= 15 is 0 Å². The SMILES string of the molecule is O=C1/C(=C\c2cc(C34CC5CC(CC(C5)C3)C4)ccc2O)SC(=S)N1C1CCCCC1. The largest absolute Gasteiger partial charge is 0.507 e. The Bertz CT molecular complexity index is 927. The molecule has 3 nitrogen and oxygen atoms in total. The van der Waals surface area contributed by atoms with Gasteiger partial charge in [-0.15, -0.1) is 0 Å². The topological polar surface area (TPSA) is 40.5 Å². The second kappa shape index (κ2) is 7.62. The van der Waals surface area contributed by atoms with E-state index in [2.05, 4.69) is 12.1 Å². The summed E-state index contributed by atoms with van der Waals surface area (Å²) in [4.78, 5) is 15.7. The minimum atomic E-state index is 0.0292. The minimum Gasteiger partial charge on any atom is -0.507 e. The first-order valence-corrected chi connectivity index (χ1v) is 13.3. The Hall–Kier alpha value is -1.33. The van der Waals surface area contributed by atoms with Crippen LogP contribution in [0.2, 0.25) is 0 Å². The summed E-state index contributed by atoms with van der Waals surface area (Å²) < 4.78 is 0.680. The van der Waals surface area contributed by atoms with Crippen molar-refractivity contribution in [1.82, 2.24) is 4.90 Å². The molecule has 6 aliphatic rings. The molecule has 0 aromatic heterocycles. The lowest BCUT2D eigenvalue weighted by Gasteiger charge is -2.57. The highest BCUT2D eigenvalue weighted by Gasteiger charge is 2.51. The predicted molar refractivity (Wildman–Crippen MR) is 130 cm³/mol. The van der Waals surface area contributed by atoms with Crippen molar-refractivity contribution in [2.24, 2.45) is 17.8 Å². The number of phenolic OH excluding ortho intramolecular Hbond substituents is 1. The number of aromatic hydroxyl groups is 1. The van der Waals surface area contributed by atoms with Gasteiger partial charge in [-0.2, -0.15) is 0 Å². The molecule has 1 saturated heterocycles. The van der Waals surface area contributed by atoms with E-state index in [0.29, 0.717) is 9.23 Å². The summed E-state index contributed by atoms with van der Waals surface area (Å²) in [7, 11) is 0. The molecule has 5 saturated carbocycles. The lowest BCUT2D eigenvalue weighted by molar-refractivity contribution is -0.124. The smallest absolute Gasteiger partial charge is 0.266 e. The number of phenols is 1. The number of carbonyl (C=O) groups is 1. The summed E-state index contributed by atoms with van der Waals surface area (Å²) in [5.41, 5.74) is 2.43. The van der Waals surface area contributed by atoms with Crippen LogP contribution in [0.4, 0.5) is 0 Å². The Morgan fingerprint density at radius 1 is 1.03 bits per heavy atom. The van der Waals surface area contributed by atoms with Gasteiger partial charge in [0.2, 0.25) is 0 Å². The van der Waals surface area contributed by atoms with Crippen LogP contribution in [0.5, 0.6) is 5.75 Å². The molecule has 5 heteroatoms. The number of thioether (sulfide) groups is 1. The minimum absolute atomic E-state index is 0.0292. The van der Waals surface area contributed by atoms with Crippen molar-refractivity contribution in [2.45, 2.75) is 82.1 Å². The monoisotopic (exact) mass is 453 g/mol. The average molecular weight is 454 g/mol. The Balaban J connectivity index is 1.30. The van der Waals surface area contributed by atoms with E-state index in [-0.39, 0.29) is 23.1 Å². The molecule has 6 fully saturated rings. The molecule has 0 unspecified atom stereocenters. The van der Waals surface area contributed by atoms with Crippen molar-refractivity contribution in [3.8, 4) is 5.75 Å². The lowest BCUT2D eigenvalue weighted by atomic mass is 9.48. The van der Waals surface area contributed by atoms with Gasteiger partial charge in [0.15, 0.2) is 0 Å². The van der Waals surface area contributed by atoms with Gasteiger partial charge in [0, 0.05) is 11.6 Å². The number of carbonyl (C=O) groups excluding carboxylic acids is 1. The van der Waals surface area contributed by atoms with E-state index in [1.807, 2.05) is 17.0 Å². The molecular formula is C26H31NO2S2. The van der Waals surface area contributed by atoms with Crippen LogP contribution in [0.1, 0.15) is 81.8 Å². The van der Waals surface area contributed by atoms with Gasteiger partial charge in [0.05, 0.1) is 4.91 Å². The fourth-order valence-corrected chi connectivity index (χ4v) is 9.13. The summed E-state index contributed by atoms with van der Waals surface area (Å²) >= 11 is 6.99. The van der Waals surface area contributed by atoms with Gasteiger partial charge < -0.3 is 5.11 Å². The first-order valence-electron chi connectivity index (χ1n) is 12.1. The van der Waals surface area contributed by atoms with Crippen LogP contribution in [0.25, 0.3) is 6.08 Å². The number of hydrogen-bond acceptors (Lipinski definition) is 4. The number of benzene rings is 1. The summed E-state index contributed by atoms with van der Waals surface area (Å²) in [6.07, 6.45) is 15.8. The predicted octanol–water partition coefficient (Wildman–Crippen LogP) is 6.39. The van der Waals surface area contributed by atoms with Gasteiger partial charge >= 0.3 is 0 Å². The molecule has 1 N–H and O–H groups in total. The summed E-state index contributed by atoms with van der Waals surface area (Å²) in [5, 5.41) is 10.6. The molecule has 1 heterocycles. The first-order chi connectivity index (χ1) is 15.0. The molecule has 1 aromatic rings.